The highest BCUT2D eigenvalue weighted by Crippen LogP contribution is 2.37. The van der Waals surface area contributed by atoms with E-state index < -0.39 is 26.1 Å². The summed E-state index contributed by atoms with van der Waals surface area (Å²) in [6.45, 7) is 4.53. The molecule has 20 heavy (non-hydrogen) atoms. The van der Waals surface area contributed by atoms with Crippen LogP contribution in [0.3, 0.4) is 0 Å². The second-order valence-corrected chi connectivity index (χ2v) is 8.99. The van der Waals surface area contributed by atoms with Crippen molar-refractivity contribution in [3.8, 4) is 0 Å². The minimum Gasteiger partial charge on any atom is -0.386 e. The molecule has 1 aromatic heterocycles. The van der Waals surface area contributed by atoms with E-state index in [1.807, 2.05) is 0 Å². The van der Waals surface area contributed by atoms with Gasteiger partial charge in [0, 0.05) is 16.2 Å². The number of sulfone groups is 1. The van der Waals surface area contributed by atoms with Crippen LogP contribution in [0.1, 0.15) is 26.3 Å². The van der Waals surface area contributed by atoms with Crippen LogP contribution in [-0.2, 0) is 15.4 Å². The molecule has 1 unspecified atom stereocenters. The molecule has 0 bridgehead atoms. The van der Waals surface area contributed by atoms with Gasteiger partial charge < -0.3 is 5.73 Å². The zero-order valence-electron chi connectivity index (χ0n) is 11.3. The Bertz CT molecular complexity index is 703. The van der Waals surface area contributed by atoms with Crippen LogP contribution in [0.15, 0.2) is 21.7 Å². The van der Waals surface area contributed by atoms with E-state index in [-0.39, 0.29) is 17.2 Å². The molecule has 0 saturated heterocycles. The van der Waals surface area contributed by atoms with Crippen LogP contribution in [0, 0.1) is 5.95 Å². The van der Waals surface area contributed by atoms with E-state index in [9.17, 15) is 12.8 Å². The highest BCUT2D eigenvalue weighted by atomic mass is 79.9. The standard InChI is InChI=1S/C12H15BrFN3O2S/c1-11(2)10(15)17-12(3,6-20(11,18)19)8-4-7(13)5-16-9(8)14/h4-5H,6H2,1-3H3,(H2,15,17). The molecule has 2 N–H and O–H groups in total. The lowest BCUT2D eigenvalue weighted by atomic mass is 9.95. The van der Waals surface area contributed by atoms with Gasteiger partial charge in [-0.25, -0.2) is 13.4 Å². The van der Waals surface area contributed by atoms with Crippen molar-refractivity contribution < 1.29 is 12.8 Å². The Morgan fingerprint density at radius 1 is 1.40 bits per heavy atom. The molecule has 2 heterocycles. The highest BCUT2D eigenvalue weighted by Gasteiger charge is 2.49. The van der Waals surface area contributed by atoms with Crippen molar-refractivity contribution in [1.82, 2.24) is 4.98 Å². The maximum atomic E-state index is 13.9. The Hall–Kier alpha value is -1.02. The van der Waals surface area contributed by atoms with E-state index in [0.29, 0.717) is 4.47 Å². The molecule has 0 saturated carbocycles. The van der Waals surface area contributed by atoms with Crippen molar-refractivity contribution in [2.24, 2.45) is 10.7 Å². The number of aromatic nitrogens is 1. The van der Waals surface area contributed by atoms with Crippen LogP contribution in [0.4, 0.5) is 4.39 Å². The van der Waals surface area contributed by atoms with Gasteiger partial charge in [0.05, 0.1) is 5.75 Å². The average molecular weight is 364 g/mol. The maximum Gasteiger partial charge on any atom is 0.218 e. The fourth-order valence-electron chi connectivity index (χ4n) is 2.08. The summed E-state index contributed by atoms with van der Waals surface area (Å²) < 4.78 is 38.0. The first kappa shape index (κ1) is 15.4. The average Bonchev–Trinajstić information content (AvgIpc) is 2.29. The van der Waals surface area contributed by atoms with E-state index >= 15 is 0 Å². The van der Waals surface area contributed by atoms with Crippen LogP contribution in [-0.4, -0.2) is 29.7 Å². The van der Waals surface area contributed by atoms with E-state index in [1.165, 1.54) is 26.1 Å². The predicted molar refractivity (Wildman–Crippen MR) is 78.7 cm³/mol. The summed E-state index contributed by atoms with van der Waals surface area (Å²) in [5.41, 5.74) is 4.63. The molecule has 1 aliphatic heterocycles. The van der Waals surface area contributed by atoms with Crippen LogP contribution >= 0.6 is 15.9 Å². The summed E-state index contributed by atoms with van der Waals surface area (Å²) in [7, 11) is -3.56. The largest absolute Gasteiger partial charge is 0.386 e. The lowest BCUT2D eigenvalue weighted by molar-refractivity contribution is 0.463. The van der Waals surface area contributed by atoms with Crippen LogP contribution in [0.5, 0.6) is 0 Å². The third-order valence-corrected chi connectivity index (χ3v) is 6.76. The Labute approximate surface area is 125 Å². The van der Waals surface area contributed by atoms with Gasteiger partial charge in [0.25, 0.3) is 0 Å². The lowest BCUT2D eigenvalue weighted by Gasteiger charge is -2.37. The molecule has 110 valence electrons. The van der Waals surface area contributed by atoms with Gasteiger partial charge in [-0.3, -0.25) is 4.99 Å². The van der Waals surface area contributed by atoms with Crippen molar-refractivity contribution in [2.45, 2.75) is 31.1 Å². The quantitative estimate of drug-likeness (QED) is 0.770. The molecule has 1 atom stereocenters. The fourth-order valence-corrected chi connectivity index (χ4v) is 4.10. The van der Waals surface area contributed by atoms with Crippen molar-refractivity contribution in [3.05, 3.63) is 28.2 Å². The number of nitrogens with zero attached hydrogens (tertiary/aromatic N) is 2. The van der Waals surface area contributed by atoms with E-state index in [1.54, 1.807) is 6.92 Å². The Morgan fingerprint density at radius 2 is 2.00 bits per heavy atom. The van der Waals surface area contributed by atoms with Gasteiger partial charge in [0.2, 0.25) is 5.95 Å². The lowest BCUT2D eigenvalue weighted by Crippen LogP contribution is -2.55. The molecule has 0 fully saturated rings. The normalized spacial score (nSPS) is 27.9. The molecule has 1 aromatic rings. The fraction of sp³-hybridized carbons (Fsp3) is 0.500. The van der Waals surface area contributed by atoms with Gasteiger partial charge in [-0.05, 0) is 42.8 Å². The third-order valence-electron chi connectivity index (χ3n) is 3.62. The van der Waals surface area contributed by atoms with Gasteiger partial charge in [-0.2, -0.15) is 4.39 Å². The summed E-state index contributed by atoms with van der Waals surface area (Å²) in [5, 5.41) is 0. The van der Waals surface area contributed by atoms with Gasteiger partial charge >= 0.3 is 0 Å². The molecule has 8 heteroatoms. The van der Waals surface area contributed by atoms with Crippen LogP contribution in [0.25, 0.3) is 0 Å². The number of hydrogen-bond acceptors (Lipinski definition) is 5. The summed E-state index contributed by atoms with van der Waals surface area (Å²) in [4.78, 5) is 7.84. The number of aliphatic imine (C=N–C) groups is 1. The SMILES string of the molecule is CC1(c2cc(Br)cnc2F)CS(=O)(=O)C(C)(C)C(N)=N1. The summed E-state index contributed by atoms with van der Waals surface area (Å²) >= 11 is 3.19. The molecular formula is C12H15BrFN3O2S. The number of nitrogens with two attached hydrogens (primary N) is 1. The topological polar surface area (TPSA) is 85.4 Å². The number of pyridine rings is 1. The number of rotatable bonds is 1. The molecule has 0 aliphatic carbocycles. The van der Waals surface area contributed by atoms with Gasteiger partial charge in [0.1, 0.15) is 16.1 Å². The smallest absolute Gasteiger partial charge is 0.218 e. The van der Waals surface area contributed by atoms with Crippen LogP contribution in [0.2, 0.25) is 0 Å². The Morgan fingerprint density at radius 3 is 2.55 bits per heavy atom. The maximum absolute atomic E-state index is 13.9. The Balaban J connectivity index is 2.69. The first-order valence-corrected chi connectivity index (χ1v) is 8.34. The van der Waals surface area contributed by atoms with Gasteiger partial charge in [-0.1, -0.05) is 0 Å². The van der Waals surface area contributed by atoms with Gasteiger partial charge in [0.15, 0.2) is 9.84 Å². The van der Waals surface area contributed by atoms with Crippen molar-refractivity contribution >= 4 is 31.6 Å². The number of amidine groups is 1. The minimum atomic E-state index is -3.56. The molecule has 2 rings (SSSR count). The first-order chi connectivity index (χ1) is 8.99. The minimum absolute atomic E-state index is 0.0226. The zero-order valence-corrected chi connectivity index (χ0v) is 13.7. The summed E-state index contributed by atoms with van der Waals surface area (Å²) in [5.74, 6) is -1.09. The molecule has 0 amide bonds. The van der Waals surface area contributed by atoms with Crippen molar-refractivity contribution in [3.63, 3.8) is 0 Å². The van der Waals surface area contributed by atoms with E-state index in [0.717, 1.165) is 0 Å². The van der Waals surface area contributed by atoms with Crippen LogP contribution < -0.4 is 5.73 Å². The second-order valence-electron chi connectivity index (χ2n) is 5.53. The van der Waals surface area contributed by atoms with E-state index in [2.05, 4.69) is 25.9 Å². The molecule has 5 nitrogen and oxygen atoms in total. The van der Waals surface area contributed by atoms with Crippen molar-refractivity contribution in [2.75, 3.05) is 5.75 Å². The number of halogens is 2. The monoisotopic (exact) mass is 363 g/mol. The zero-order chi connectivity index (χ0) is 15.3. The molecule has 0 spiro atoms. The number of hydrogen-bond donors (Lipinski definition) is 1. The highest BCUT2D eigenvalue weighted by molar-refractivity contribution is 9.10. The second kappa shape index (κ2) is 4.49. The van der Waals surface area contributed by atoms with Crippen molar-refractivity contribution in [1.29, 1.82) is 0 Å². The first-order valence-electron chi connectivity index (χ1n) is 5.89. The third kappa shape index (κ3) is 2.24. The van der Waals surface area contributed by atoms with Gasteiger partial charge in [-0.15, -0.1) is 0 Å². The Kier molecular flexibility index (Phi) is 3.45. The summed E-state index contributed by atoms with van der Waals surface area (Å²) in [6.07, 6.45) is 1.30. The van der Waals surface area contributed by atoms with E-state index in [4.69, 9.17) is 5.73 Å². The molecular weight excluding hydrogens is 349 g/mol. The molecule has 1 aliphatic rings. The molecule has 0 aromatic carbocycles. The predicted octanol–water partition coefficient (Wildman–Crippen LogP) is 1.76. The molecule has 0 radical (unpaired) electrons. The summed E-state index contributed by atoms with van der Waals surface area (Å²) in [6, 6.07) is 1.48.